The van der Waals surface area contributed by atoms with Gasteiger partial charge in [-0.2, -0.15) is 5.10 Å². The van der Waals surface area contributed by atoms with Crippen LogP contribution < -0.4 is 0 Å². The summed E-state index contributed by atoms with van der Waals surface area (Å²) in [6, 6.07) is 17.7. The molecule has 0 aliphatic rings. The van der Waals surface area contributed by atoms with Crippen LogP contribution in [0.15, 0.2) is 84.5 Å². The number of halogens is 1. The van der Waals surface area contributed by atoms with Crippen molar-refractivity contribution in [3.05, 3.63) is 95.5 Å². The molecule has 8 heteroatoms. The number of aromatic nitrogens is 4. The molecule has 4 rings (SSSR count). The molecule has 0 bridgehead atoms. The number of amides is 1. The molecule has 0 N–H and O–H groups in total. The summed E-state index contributed by atoms with van der Waals surface area (Å²) in [6.07, 6.45) is 7.38. The van der Waals surface area contributed by atoms with Crippen molar-refractivity contribution in [1.82, 2.24) is 24.2 Å². The summed E-state index contributed by atoms with van der Waals surface area (Å²) in [5, 5.41) is 5.82. The molecule has 0 saturated heterocycles. The van der Waals surface area contributed by atoms with Crippen LogP contribution in [0.25, 0.3) is 5.69 Å². The Morgan fingerprint density at radius 1 is 1.13 bits per heavy atom. The average Bonchev–Trinajstić information content (AvgIpc) is 3.42. The number of imidazole rings is 1. The fourth-order valence-electron chi connectivity index (χ4n) is 3.16. The van der Waals surface area contributed by atoms with Crippen LogP contribution in [-0.4, -0.2) is 42.9 Å². The van der Waals surface area contributed by atoms with Gasteiger partial charge in [0.2, 0.25) is 5.91 Å². The molecule has 0 fully saturated rings. The maximum absolute atomic E-state index is 12.7. The number of carbonyl (C=O) groups is 1. The summed E-state index contributed by atoms with van der Waals surface area (Å²) in [7, 11) is 1.81. The minimum atomic E-state index is 0.0291. The topological polar surface area (TPSA) is 56.0 Å². The number of thioether (sulfide) groups is 1. The van der Waals surface area contributed by atoms with Gasteiger partial charge in [-0.1, -0.05) is 59.8 Å². The number of hydrogen-bond acceptors (Lipinski definition) is 4. The van der Waals surface area contributed by atoms with Crippen LogP contribution in [0.4, 0.5) is 0 Å². The summed E-state index contributed by atoms with van der Waals surface area (Å²) in [5.74, 6) is 0.327. The van der Waals surface area contributed by atoms with Gasteiger partial charge in [0.15, 0.2) is 5.16 Å². The van der Waals surface area contributed by atoms with E-state index in [0.29, 0.717) is 23.9 Å². The van der Waals surface area contributed by atoms with E-state index in [1.54, 1.807) is 18.1 Å². The number of carbonyl (C=O) groups excluding carboxylic acids is 1. The molecule has 31 heavy (non-hydrogen) atoms. The second-order valence-electron chi connectivity index (χ2n) is 7.13. The van der Waals surface area contributed by atoms with Gasteiger partial charge >= 0.3 is 0 Å². The Bertz CT molecular complexity index is 1160. The zero-order valence-corrected chi connectivity index (χ0v) is 18.6. The lowest BCUT2D eigenvalue weighted by molar-refractivity contribution is -0.127. The lowest BCUT2D eigenvalue weighted by Crippen LogP contribution is -2.27. The molecule has 158 valence electrons. The molecule has 0 aliphatic heterocycles. The fourth-order valence-corrected chi connectivity index (χ4v) is 4.26. The number of hydrogen-bond donors (Lipinski definition) is 0. The first-order valence-corrected chi connectivity index (χ1v) is 11.2. The Morgan fingerprint density at radius 3 is 2.77 bits per heavy atom. The highest BCUT2D eigenvalue weighted by molar-refractivity contribution is 7.99. The van der Waals surface area contributed by atoms with Crippen molar-refractivity contribution in [2.75, 3.05) is 12.8 Å². The molecule has 0 atom stereocenters. The standard InChI is InChI=1S/C23H22ClN5OS/c1-27(14-19-13-26-28(16-19)15-18-6-3-2-4-7-18)22(30)17-31-23-25-10-11-29(23)21-9-5-8-20(24)12-21/h2-13,16H,14-15,17H2,1H3. The van der Waals surface area contributed by atoms with Crippen molar-refractivity contribution in [2.45, 2.75) is 18.2 Å². The maximum atomic E-state index is 12.7. The molecule has 4 aromatic rings. The molecular formula is C23H22ClN5OS. The first-order valence-electron chi connectivity index (χ1n) is 9.80. The van der Waals surface area contributed by atoms with E-state index in [9.17, 15) is 4.79 Å². The first-order chi connectivity index (χ1) is 15.1. The number of benzene rings is 2. The normalized spacial score (nSPS) is 10.9. The maximum Gasteiger partial charge on any atom is 0.233 e. The molecule has 2 aromatic heterocycles. The minimum absolute atomic E-state index is 0.0291. The summed E-state index contributed by atoms with van der Waals surface area (Å²) in [6.45, 7) is 1.22. The van der Waals surface area contributed by atoms with Crippen LogP contribution in [0.1, 0.15) is 11.1 Å². The van der Waals surface area contributed by atoms with Crippen molar-refractivity contribution in [1.29, 1.82) is 0 Å². The third-order valence-electron chi connectivity index (χ3n) is 4.74. The van der Waals surface area contributed by atoms with E-state index in [-0.39, 0.29) is 5.91 Å². The molecule has 1 amide bonds. The average molecular weight is 452 g/mol. The van der Waals surface area contributed by atoms with Crippen molar-refractivity contribution >= 4 is 29.3 Å². The third kappa shape index (κ3) is 5.57. The quantitative estimate of drug-likeness (QED) is 0.369. The van der Waals surface area contributed by atoms with Crippen LogP contribution in [0.3, 0.4) is 0 Å². The number of rotatable bonds is 8. The van der Waals surface area contributed by atoms with E-state index in [0.717, 1.165) is 16.4 Å². The van der Waals surface area contributed by atoms with E-state index in [1.807, 2.05) is 70.3 Å². The van der Waals surface area contributed by atoms with Crippen LogP contribution >= 0.6 is 23.4 Å². The predicted octanol–water partition coefficient (Wildman–Crippen LogP) is 4.52. The van der Waals surface area contributed by atoms with Gasteiger partial charge in [0.1, 0.15) is 0 Å². The van der Waals surface area contributed by atoms with Gasteiger partial charge < -0.3 is 4.90 Å². The van der Waals surface area contributed by atoms with Crippen molar-refractivity contribution in [3.8, 4) is 5.69 Å². The molecule has 0 saturated carbocycles. The summed E-state index contributed by atoms with van der Waals surface area (Å²) < 4.78 is 3.82. The van der Waals surface area contributed by atoms with Gasteiger partial charge in [0, 0.05) is 48.5 Å². The molecule has 2 heterocycles. The van der Waals surface area contributed by atoms with Gasteiger partial charge in [-0.3, -0.25) is 14.0 Å². The zero-order valence-electron chi connectivity index (χ0n) is 17.1. The Balaban J connectivity index is 1.32. The van der Waals surface area contributed by atoms with Crippen molar-refractivity contribution in [3.63, 3.8) is 0 Å². The minimum Gasteiger partial charge on any atom is -0.341 e. The largest absolute Gasteiger partial charge is 0.341 e. The third-order valence-corrected chi connectivity index (χ3v) is 5.92. The second kappa shape index (κ2) is 9.85. The van der Waals surface area contributed by atoms with E-state index in [1.165, 1.54) is 17.3 Å². The van der Waals surface area contributed by atoms with Gasteiger partial charge in [-0.15, -0.1) is 0 Å². The summed E-state index contributed by atoms with van der Waals surface area (Å²) in [5.41, 5.74) is 3.10. The SMILES string of the molecule is CN(Cc1cnn(Cc2ccccc2)c1)C(=O)CSc1nccn1-c1cccc(Cl)c1. The van der Waals surface area contributed by atoms with E-state index < -0.39 is 0 Å². The van der Waals surface area contributed by atoms with Crippen LogP contribution in [0.2, 0.25) is 5.02 Å². The number of nitrogens with zero attached hydrogens (tertiary/aromatic N) is 5. The second-order valence-corrected chi connectivity index (χ2v) is 8.51. The Labute approximate surface area is 190 Å². The van der Waals surface area contributed by atoms with Crippen molar-refractivity contribution in [2.24, 2.45) is 0 Å². The monoisotopic (exact) mass is 451 g/mol. The summed E-state index contributed by atoms with van der Waals surface area (Å²) >= 11 is 7.50. The van der Waals surface area contributed by atoms with Gasteiger partial charge in [-0.05, 0) is 23.8 Å². The highest BCUT2D eigenvalue weighted by atomic mass is 35.5. The Kier molecular flexibility index (Phi) is 6.74. The lowest BCUT2D eigenvalue weighted by atomic mass is 10.2. The highest BCUT2D eigenvalue weighted by Gasteiger charge is 2.14. The van der Waals surface area contributed by atoms with E-state index >= 15 is 0 Å². The molecule has 0 unspecified atom stereocenters. The molecule has 0 spiro atoms. The Hall–Kier alpha value is -3.03. The predicted molar refractivity (Wildman–Crippen MR) is 124 cm³/mol. The van der Waals surface area contributed by atoms with Gasteiger partial charge in [0.05, 0.1) is 18.5 Å². The fraction of sp³-hybridized carbons (Fsp3) is 0.174. The Morgan fingerprint density at radius 2 is 1.97 bits per heavy atom. The van der Waals surface area contributed by atoms with Gasteiger partial charge in [0.25, 0.3) is 0 Å². The molecular weight excluding hydrogens is 430 g/mol. The van der Waals surface area contributed by atoms with Crippen LogP contribution in [-0.2, 0) is 17.9 Å². The smallest absolute Gasteiger partial charge is 0.233 e. The van der Waals surface area contributed by atoms with E-state index in [4.69, 9.17) is 11.6 Å². The van der Waals surface area contributed by atoms with Crippen LogP contribution in [0.5, 0.6) is 0 Å². The van der Waals surface area contributed by atoms with E-state index in [2.05, 4.69) is 22.2 Å². The molecule has 0 aliphatic carbocycles. The molecule has 0 radical (unpaired) electrons. The first kappa shape index (κ1) is 21.2. The lowest BCUT2D eigenvalue weighted by Gasteiger charge is -2.16. The zero-order chi connectivity index (χ0) is 21.6. The molecule has 2 aromatic carbocycles. The highest BCUT2D eigenvalue weighted by Crippen LogP contribution is 2.22. The van der Waals surface area contributed by atoms with Gasteiger partial charge in [-0.25, -0.2) is 4.98 Å². The van der Waals surface area contributed by atoms with Crippen LogP contribution in [0, 0.1) is 0 Å². The molecule has 6 nitrogen and oxygen atoms in total. The summed E-state index contributed by atoms with van der Waals surface area (Å²) in [4.78, 5) is 18.8. The van der Waals surface area contributed by atoms with Crippen molar-refractivity contribution < 1.29 is 4.79 Å².